The highest BCUT2D eigenvalue weighted by atomic mass is 16.2. The van der Waals surface area contributed by atoms with Crippen molar-refractivity contribution in [2.45, 2.75) is 57.8 Å². The fourth-order valence-electron chi connectivity index (χ4n) is 5.25. The van der Waals surface area contributed by atoms with Crippen molar-refractivity contribution >= 4 is 11.8 Å². The molecule has 0 radical (unpaired) electrons. The second kappa shape index (κ2) is 12.0. The molecule has 3 heterocycles. The molecule has 5 nitrogen and oxygen atoms in total. The molecule has 2 amide bonds. The Hall–Kier alpha value is -2.69. The monoisotopic (exact) mass is 447 g/mol. The number of piperidine rings is 2. The number of carbonyl (C=O) groups is 2. The molecule has 2 saturated heterocycles. The number of carbonyl (C=O) groups excluding carboxylic acids is 2. The standard InChI is InChI=1S/C28H37N3O2/c32-27(8-6-23-10-16-29-17-11-23)30-18-12-24(13-19-30)7-9-28(33)31-20-14-26(15-21-31)22-25-4-2-1-3-5-25/h1-5,10-11,16-17,24,26H,6-9,12-15,18-22H2. The zero-order chi connectivity index (χ0) is 22.9. The van der Waals surface area contributed by atoms with Crippen molar-refractivity contribution in [3.05, 3.63) is 66.0 Å². The third-order valence-electron chi connectivity index (χ3n) is 7.45. The summed E-state index contributed by atoms with van der Waals surface area (Å²) in [5.74, 6) is 1.83. The predicted octanol–water partition coefficient (Wildman–Crippen LogP) is 4.51. The van der Waals surface area contributed by atoms with Crippen LogP contribution in [0.1, 0.15) is 56.1 Å². The van der Waals surface area contributed by atoms with Crippen LogP contribution < -0.4 is 0 Å². The first-order valence-electron chi connectivity index (χ1n) is 12.7. The summed E-state index contributed by atoms with van der Waals surface area (Å²) >= 11 is 0. The van der Waals surface area contributed by atoms with Crippen molar-refractivity contribution in [1.29, 1.82) is 0 Å². The van der Waals surface area contributed by atoms with Crippen molar-refractivity contribution < 1.29 is 9.59 Å². The van der Waals surface area contributed by atoms with Gasteiger partial charge in [0.2, 0.25) is 11.8 Å². The number of aromatic nitrogens is 1. The third kappa shape index (κ3) is 7.15. The number of rotatable bonds is 8. The molecule has 0 saturated carbocycles. The molecule has 1 aromatic heterocycles. The maximum atomic E-state index is 12.8. The van der Waals surface area contributed by atoms with Crippen molar-refractivity contribution in [3.8, 4) is 0 Å². The van der Waals surface area contributed by atoms with E-state index in [0.717, 1.165) is 76.7 Å². The number of pyridine rings is 1. The van der Waals surface area contributed by atoms with Gasteiger partial charge in [0.05, 0.1) is 0 Å². The van der Waals surface area contributed by atoms with E-state index in [4.69, 9.17) is 0 Å². The van der Waals surface area contributed by atoms with Crippen LogP contribution >= 0.6 is 0 Å². The maximum Gasteiger partial charge on any atom is 0.222 e. The first-order valence-corrected chi connectivity index (χ1v) is 12.7. The molecular weight excluding hydrogens is 410 g/mol. The van der Waals surface area contributed by atoms with E-state index in [1.807, 2.05) is 17.0 Å². The highest BCUT2D eigenvalue weighted by Crippen LogP contribution is 2.25. The van der Waals surface area contributed by atoms with Gasteiger partial charge in [-0.25, -0.2) is 0 Å². The van der Waals surface area contributed by atoms with E-state index in [1.54, 1.807) is 12.4 Å². The van der Waals surface area contributed by atoms with Gasteiger partial charge in [-0.1, -0.05) is 30.3 Å². The smallest absolute Gasteiger partial charge is 0.222 e. The molecule has 33 heavy (non-hydrogen) atoms. The zero-order valence-corrected chi connectivity index (χ0v) is 19.7. The number of aryl methyl sites for hydroxylation is 1. The van der Waals surface area contributed by atoms with Crippen molar-refractivity contribution in [2.75, 3.05) is 26.2 Å². The normalized spacial score (nSPS) is 17.8. The molecule has 2 aliphatic rings. The highest BCUT2D eigenvalue weighted by molar-refractivity contribution is 5.77. The first kappa shape index (κ1) is 23.5. The molecular formula is C28H37N3O2. The van der Waals surface area contributed by atoms with E-state index in [2.05, 4.69) is 40.2 Å². The van der Waals surface area contributed by atoms with E-state index >= 15 is 0 Å². The van der Waals surface area contributed by atoms with Gasteiger partial charge in [-0.2, -0.15) is 0 Å². The summed E-state index contributed by atoms with van der Waals surface area (Å²) in [6.07, 6.45) is 11.9. The van der Waals surface area contributed by atoms with Gasteiger partial charge in [0.25, 0.3) is 0 Å². The van der Waals surface area contributed by atoms with E-state index in [9.17, 15) is 9.59 Å². The van der Waals surface area contributed by atoms with E-state index in [0.29, 0.717) is 30.6 Å². The summed E-state index contributed by atoms with van der Waals surface area (Å²) in [5.41, 5.74) is 2.57. The molecule has 4 rings (SSSR count). The van der Waals surface area contributed by atoms with Crippen LogP contribution in [0.3, 0.4) is 0 Å². The Balaban J connectivity index is 1.10. The number of hydrogen-bond acceptors (Lipinski definition) is 3. The fourth-order valence-corrected chi connectivity index (χ4v) is 5.25. The van der Waals surface area contributed by atoms with E-state index in [-0.39, 0.29) is 5.91 Å². The van der Waals surface area contributed by atoms with E-state index in [1.165, 1.54) is 5.56 Å². The Morgan fingerprint density at radius 3 is 1.94 bits per heavy atom. The van der Waals surface area contributed by atoms with Gasteiger partial charge in [0.1, 0.15) is 0 Å². The predicted molar refractivity (Wildman–Crippen MR) is 131 cm³/mol. The lowest BCUT2D eigenvalue weighted by Gasteiger charge is -2.34. The number of benzene rings is 1. The lowest BCUT2D eigenvalue weighted by atomic mass is 9.89. The Labute approximate surface area is 198 Å². The molecule has 2 aliphatic heterocycles. The second-order valence-electron chi connectivity index (χ2n) is 9.73. The Morgan fingerprint density at radius 2 is 1.30 bits per heavy atom. The van der Waals surface area contributed by atoms with Gasteiger partial charge in [0.15, 0.2) is 0 Å². The second-order valence-corrected chi connectivity index (χ2v) is 9.73. The molecule has 2 aromatic rings. The number of hydrogen-bond donors (Lipinski definition) is 0. The van der Waals surface area contributed by atoms with Crippen LogP contribution in [0.15, 0.2) is 54.9 Å². The van der Waals surface area contributed by atoms with Gasteiger partial charge in [-0.15, -0.1) is 0 Å². The van der Waals surface area contributed by atoms with Gasteiger partial charge in [0, 0.05) is 51.4 Å². The molecule has 0 spiro atoms. The molecule has 2 fully saturated rings. The summed E-state index contributed by atoms with van der Waals surface area (Å²) < 4.78 is 0. The first-order chi connectivity index (χ1) is 16.2. The average molecular weight is 448 g/mol. The molecule has 0 unspecified atom stereocenters. The number of nitrogens with zero attached hydrogens (tertiary/aromatic N) is 3. The lowest BCUT2D eigenvalue weighted by molar-refractivity contribution is -0.134. The summed E-state index contributed by atoms with van der Waals surface area (Å²) in [6.45, 7) is 3.47. The largest absolute Gasteiger partial charge is 0.343 e. The Kier molecular flexibility index (Phi) is 8.51. The fraction of sp³-hybridized carbons (Fsp3) is 0.536. The number of amides is 2. The molecule has 0 aliphatic carbocycles. The molecule has 5 heteroatoms. The topological polar surface area (TPSA) is 53.5 Å². The van der Waals surface area contributed by atoms with Gasteiger partial charge in [-0.05, 0) is 80.0 Å². The SMILES string of the molecule is O=C(CCc1ccncc1)N1CCC(CCC(=O)N2CCC(Cc3ccccc3)CC2)CC1. The summed E-state index contributed by atoms with van der Waals surface area (Å²) in [4.78, 5) is 33.4. The van der Waals surface area contributed by atoms with Crippen LogP contribution in [-0.2, 0) is 22.4 Å². The molecule has 176 valence electrons. The van der Waals surface area contributed by atoms with Crippen LogP contribution in [0.2, 0.25) is 0 Å². The van der Waals surface area contributed by atoms with Gasteiger partial charge >= 0.3 is 0 Å². The van der Waals surface area contributed by atoms with E-state index < -0.39 is 0 Å². The van der Waals surface area contributed by atoms with Crippen LogP contribution in [-0.4, -0.2) is 52.8 Å². The van der Waals surface area contributed by atoms with Crippen LogP contribution in [0, 0.1) is 11.8 Å². The maximum absolute atomic E-state index is 12.8. The van der Waals surface area contributed by atoms with Gasteiger partial charge in [-0.3, -0.25) is 14.6 Å². The zero-order valence-electron chi connectivity index (χ0n) is 19.7. The van der Waals surface area contributed by atoms with Crippen LogP contribution in [0.5, 0.6) is 0 Å². The molecule has 0 N–H and O–H groups in total. The summed E-state index contributed by atoms with van der Waals surface area (Å²) in [5, 5.41) is 0. The minimum Gasteiger partial charge on any atom is -0.343 e. The number of likely N-dealkylation sites (tertiary alicyclic amines) is 2. The summed E-state index contributed by atoms with van der Waals surface area (Å²) in [6, 6.07) is 14.6. The van der Waals surface area contributed by atoms with Gasteiger partial charge < -0.3 is 9.80 Å². The van der Waals surface area contributed by atoms with Crippen molar-refractivity contribution in [1.82, 2.24) is 14.8 Å². The van der Waals surface area contributed by atoms with Crippen LogP contribution in [0.25, 0.3) is 0 Å². The van der Waals surface area contributed by atoms with Crippen molar-refractivity contribution in [3.63, 3.8) is 0 Å². The highest BCUT2D eigenvalue weighted by Gasteiger charge is 2.26. The molecule has 0 bridgehead atoms. The minimum absolute atomic E-state index is 0.250. The summed E-state index contributed by atoms with van der Waals surface area (Å²) in [7, 11) is 0. The Bertz CT molecular complexity index is 871. The third-order valence-corrected chi connectivity index (χ3v) is 7.45. The quantitative estimate of drug-likeness (QED) is 0.598. The minimum atomic E-state index is 0.250. The average Bonchev–Trinajstić information content (AvgIpc) is 2.88. The van der Waals surface area contributed by atoms with Crippen LogP contribution in [0.4, 0.5) is 0 Å². The van der Waals surface area contributed by atoms with Crippen molar-refractivity contribution in [2.24, 2.45) is 11.8 Å². The lowest BCUT2D eigenvalue weighted by Crippen LogP contribution is -2.40. The molecule has 1 aromatic carbocycles. The molecule has 0 atom stereocenters. The Morgan fingerprint density at radius 1 is 0.727 bits per heavy atom.